The molecule has 1 saturated heterocycles. The van der Waals surface area contributed by atoms with Gasteiger partial charge in [-0.05, 0) is 25.3 Å². The predicted octanol–water partition coefficient (Wildman–Crippen LogP) is 1.88. The molecule has 1 fully saturated rings. The third kappa shape index (κ3) is 3.81. The molecule has 124 valence electrons. The molecule has 0 saturated carbocycles. The van der Waals surface area contributed by atoms with Crippen LogP contribution in [0.25, 0.3) is 0 Å². The molecule has 2 atom stereocenters. The number of anilines is 1. The SMILES string of the molecule is CN(C)c1ccc(O[C@@H]2CCN(C(=O)[C@@H]3CC=CCC3)C2)nn1. The zero-order valence-corrected chi connectivity index (χ0v) is 13.8. The third-order valence-electron chi connectivity index (χ3n) is 4.45. The Morgan fingerprint density at radius 3 is 2.78 bits per heavy atom. The molecule has 0 unspecified atom stereocenters. The third-order valence-corrected chi connectivity index (χ3v) is 4.45. The number of rotatable bonds is 4. The van der Waals surface area contributed by atoms with E-state index in [4.69, 9.17) is 4.74 Å². The number of nitrogens with zero attached hydrogens (tertiary/aromatic N) is 4. The van der Waals surface area contributed by atoms with Gasteiger partial charge in [-0.1, -0.05) is 12.2 Å². The predicted molar refractivity (Wildman–Crippen MR) is 88.5 cm³/mol. The van der Waals surface area contributed by atoms with Crippen LogP contribution in [0.3, 0.4) is 0 Å². The average Bonchev–Trinajstić information content (AvgIpc) is 3.04. The minimum Gasteiger partial charge on any atom is -0.471 e. The smallest absolute Gasteiger partial charge is 0.233 e. The second-order valence-electron chi connectivity index (χ2n) is 6.42. The van der Waals surface area contributed by atoms with Crippen LogP contribution in [0, 0.1) is 5.92 Å². The van der Waals surface area contributed by atoms with Crippen molar-refractivity contribution in [1.82, 2.24) is 15.1 Å². The average molecular weight is 316 g/mol. The maximum Gasteiger partial charge on any atom is 0.233 e. The van der Waals surface area contributed by atoms with Gasteiger partial charge in [0.2, 0.25) is 11.8 Å². The van der Waals surface area contributed by atoms with Gasteiger partial charge in [0.15, 0.2) is 5.82 Å². The van der Waals surface area contributed by atoms with Crippen LogP contribution in [0.1, 0.15) is 25.7 Å². The molecule has 1 amide bonds. The Hall–Kier alpha value is -2.11. The maximum absolute atomic E-state index is 12.5. The molecule has 0 spiro atoms. The Bertz CT molecular complexity index is 570. The van der Waals surface area contributed by atoms with Crippen molar-refractivity contribution in [2.75, 3.05) is 32.1 Å². The summed E-state index contributed by atoms with van der Waals surface area (Å²) < 4.78 is 5.88. The Morgan fingerprint density at radius 1 is 1.26 bits per heavy atom. The molecule has 0 aromatic carbocycles. The van der Waals surface area contributed by atoms with Gasteiger partial charge in [-0.25, -0.2) is 0 Å². The van der Waals surface area contributed by atoms with E-state index >= 15 is 0 Å². The first kappa shape index (κ1) is 15.8. The van der Waals surface area contributed by atoms with Crippen LogP contribution in [0.2, 0.25) is 0 Å². The van der Waals surface area contributed by atoms with Crippen LogP contribution in [0.5, 0.6) is 5.88 Å². The summed E-state index contributed by atoms with van der Waals surface area (Å²) in [5.41, 5.74) is 0. The van der Waals surface area contributed by atoms with Crippen LogP contribution < -0.4 is 9.64 Å². The van der Waals surface area contributed by atoms with Crippen molar-refractivity contribution in [3.05, 3.63) is 24.3 Å². The van der Waals surface area contributed by atoms with Crippen molar-refractivity contribution in [2.24, 2.45) is 5.92 Å². The molecule has 6 nitrogen and oxygen atoms in total. The van der Waals surface area contributed by atoms with Gasteiger partial charge >= 0.3 is 0 Å². The first-order chi connectivity index (χ1) is 11.1. The number of carbonyl (C=O) groups excluding carboxylic acids is 1. The number of carbonyl (C=O) groups is 1. The van der Waals surface area contributed by atoms with Crippen molar-refractivity contribution in [2.45, 2.75) is 31.8 Å². The van der Waals surface area contributed by atoms with Crippen LogP contribution in [0.15, 0.2) is 24.3 Å². The number of allylic oxidation sites excluding steroid dienone is 2. The molecule has 1 aromatic heterocycles. The fourth-order valence-corrected chi connectivity index (χ4v) is 3.09. The van der Waals surface area contributed by atoms with Gasteiger partial charge in [-0.15, -0.1) is 10.2 Å². The van der Waals surface area contributed by atoms with Gasteiger partial charge in [-0.2, -0.15) is 0 Å². The van der Waals surface area contributed by atoms with Crippen LogP contribution >= 0.6 is 0 Å². The van der Waals surface area contributed by atoms with Gasteiger partial charge in [0, 0.05) is 39.0 Å². The molecule has 0 bridgehead atoms. The highest BCUT2D eigenvalue weighted by atomic mass is 16.5. The molecular formula is C17H24N4O2. The number of aromatic nitrogens is 2. The summed E-state index contributed by atoms with van der Waals surface area (Å²) in [7, 11) is 3.84. The summed E-state index contributed by atoms with van der Waals surface area (Å²) in [6.45, 7) is 1.42. The van der Waals surface area contributed by atoms with Crippen LogP contribution in [-0.4, -0.2) is 54.3 Å². The standard InChI is InChI=1S/C17H24N4O2/c1-20(2)15-8-9-16(19-18-15)23-14-10-11-21(12-14)17(22)13-6-4-3-5-7-13/h3-4,8-9,13-14H,5-7,10-12H2,1-2H3/t13-,14-/m1/s1. The van der Waals surface area contributed by atoms with Crippen LogP contribution in [-0.2, 0) is 4.79 Å². The molecule has 2 aliphatic rings. The van der Waals surface area contributed by atoms with Crippen molar-refractivity contribution < 1.29 is 9.53 Å². The molecule has 3 rings (SSSR count). The van der Waals surface area contributed by atoms with Gasteiger partial charge in [0.25, 0.3) is 0 Å². The largest absolute Gasteiger partial charge is 0.471 e. The summed E-state index contributed by atoms with van der Waals surface area (Å²) in [6.07, 6.45) is 8.00. The molecule has 0 N–H and O–H groups in total. The van der Waals surface area contributed by atoms with Gasteiger partial charge in [0.05, 0.1) is 6.54 Å². The zero-order valence-electron chi connectivity index (χ0n) is 13.8. The highest BCUT2D eigenvalue weighted by molar-refractivity contribution is 5.79. The van der Waals surface area contributed by atoms with E-state index in [0.717, 1.165) is 38.0 Å². The lowest BCUT2D eigenvalue weighted by Gasteiger charge is -2.24. The van der Waals surface area contributed by atoms with E-state index in [1.165, 1.54) is 0 Å². The Labute approximate surface area is 137 Å². The van der Waals surface area contributed by atoms with Crippen molar-refractivity contribution in [3.63, 3.8) is 0 Å². The Balaban J connectivity index is 1.53. The van der Waals surface area contributed by atoms with E-state index in [0.29, 0.717) is 12.4 Å². The molecular weight excluding hydrogens is 292 g/mol. The first-order valence-electron chi connectivity index (χ1n) is 8.25. The first-order valence-corrected chi connectivity index (χ1v) is 8.25. The fourth-order valence-electron chi connectivity index (χ4n) is 3.09. The number of amides is 1. The van der Waals surface area contributed by atoms with E-state index in [2.05, 4.69) is 22.3 Å². The van der Waals surface area contributed by atoms with Gasteiger partial charge < -0.3 is 14.5 Å². The second kappa shape index (κ2) is 6.98. The lowest BCUT2D eigenvalue weighted by molar-refractivity contribution is -0.135. The van der Waals surface area contributed by atoms with E-state index in [-0.39, 0.29) is 17.9 Å². The molecule has 1 aliphatic carbocycles. The van der Waals surface area contributed by atoms with Crippen LogP contribution in [0.4, 0.5) is 5.82 Å². The van der Waals surface area contributed by atoms with Crippen molar-refractivity contribution in [3.8, 4) is 5.88 Å². The Morgan fingerprint density at radius 2 is 2.13 bits per heavy atom. The normalized spacial score (nSPS) is 23.8. The summed E-state index contributed by atoms with van der Waals surface area (Å²) >= 11 is 0. The van der Waals surface area contributed by atoms with Gasteiger partial charge in [0.1, 0.15) is 6.10 Å². The molecule has 1 aliphatic heterocycles. The quantitative estimate of drug-likeness (QED) is 0.794. The molecule has 1 aromatic rings. The second-order valence-corrected chi connectivity index (χ2v) is 6.42. The minimum absolute atomic E-state index is 0.0117. The van der Waals surface area contributed by atoms with Crippen molar-refractivity contribution in [1.29, 1.82) is 0 Å². The number of hydrogen-bond acceptors (Lipinski definition) is 5. The molecule has 2 heterocycles. The van der Waals surface area contributed by atoms with E-state index in [9.17, 15) is 4.79 Å². The Kier molecular flexibility index (Phi) is 4.79. The van der Waals surface area contributed by atoms with E-state index in [1.807, 2.05) is 36.0 Å². The number of ether oxygens (including phenoxy) is 1. The van der Waals surface area contributed by atoms with E-state index < -0.39 is 0 Å². The lowest BCUT2D eigenvalue weighted by atomic mass is 9.93. The molecule has 6 heteroatoms. The lowest BCUT2D eigenvalue weighted by Crippen LogP contribution is -2.36. The summed E-state index contributed by atoms with van der Waals surface area (Å²) in [6, 6.07) is 3.72. The molecule has 23 heavy (non-hydrogen) atoms. The summed E-state index contributed by atoms with van der Waals surface area (Å²) in [5.74, 6) is 1.74. The van der Waals surface area contributed by atoms with Crippen molar-refractivity contribution >= 4 is 11.7 Å². The summed E-state index contributed by atoms with van der Waals surface area (Å²) in [4.78, 5) is 16.4. The summed E-state index contributed by atoms with van der Waals surface area (Å²) in [5, 5.41) is 8.21. The minimum atomic E-state index is 0.0117. The highest BCUT2D eigenvalue weighted by Gasteiger charge is 2.31. The molecule has 0 radical (unpaired) electrons. The van der Waals surface area contributed by atoms with Gasteiger partial charge in [-0.3, -0.25) is 4.79 Å². The maximum atomic E-state index is 12.5. The fraction of sp³-hybridized carbons (Fsp3) is 0.588. The zero-order chi connectivity index (χ0) is 16.2. The highest BCUT2D eigenvalue weighted by Crippen LogP contribution is 2.24. The number of hydrogen-bond donors (Lipinski definition) is 0. The topological polar surface area (TPSA) is 58.6 Å². The van der Waals surface area contributed by atoms with E-state index in [1.54, 1.807) is 0 Å². The monoisotopic (exact) mass is 316 g/mol. The number of likely N-dealkylation sites (tertiary alicyclic amines) is 1.